The van der Waals surface area contributed by atoms with E-state index < -0.39 is 12.1 Å². The van der Waals surface area contributed by atoms with Crippen molar-refractivity contribution in [2.45, 2.75) is 70.5 Å². The summed E-state index contributed by atoms with van der Waals surface area (Å²) in [6.45, 7) is 6.98. The second-order valence-corrected chi connectivity index (χ2v) is 8.83. The number of benzene rings is 1. The number of piperidine rings is 1. The van der Waals surface area contributed by atoms with Crippen molar-refractivity contribution < 1.29 is 32.9 Å². The number of nitrogens with zero attached hydrogens (tertiary/aromatic N) is 2. The topological polar surface area (TPSA) is 130 Å². The number of likely N-dealkylation sites (tertiary alicyclic amines) is 1. The Labute approximate surface area is 211 Å². The highest BCUT2D eigenvalue weighted by Crippen LogP contribution is 2.19. The second-order valence-electron chi connectivity index (χ2n) is 8.83. The first-order chi connectivity index (χ1) is 17.0. The molecule has 8 nitrogen and oxygen atoms in total. The zero-order chi connectivity index (χ0) is 27.0. The summed E-state index contributed by atoms with van der Waals surface area (Å²) < 4.78 is 31.5. The van der Waals surface area contributed by atoms with E-state index in [-0.39, 0.29) is 0 Å². The van der Waals surface area contributed by atoms with E-state index >= 15 is 0 Å². The Balaban J connectivity index is 0.000000809. The maximum absolute atomic E-state index is 12.5. The lowest BCUT2D eigenvalue weighted by Gasteiger charge is -2.38. The average molecular weight is 516 g/mol. The number of alkyl halides is 3. The first-order valence-corrected chi connectivity index (χ1v) is 12.5. The number of halogens is 3. The molecule has 1 saturated heterocycles. The van der Waals surface area contributed by atoms with Crippen LogP contribution in [0.15, 0.2) is 30.3 Å². The number of hydrogen-bond donors (Lipinski definition) is 3. The molecule has 1 aliphatic heterocycles. The summed E-state index contributed by atoms with van der Waals surface area (Å²) in [5.41, 5.74) is 12.2. The molecule has 0 spiro atoms. The average Bonchev–Trinajstić information content (AvgIpc) is 2.85. The van der Waals surface area contributed by atoms with Gasteiger partial charge in [-0.1, -0.05) is 50.1 Å². The van der Waals surface area contributed by atoms with E-state index in [4.69, 9.17) is 21.4 Å². The van der Waals surface area contributed by atoms with Crippen LogP contribution in [0.25, 0.3) is 0 Å². The standard InChI is InChI=1S/C23H39N5O.C2HF3O2/c1-2-22(29)28(16-9-4-3-8-15-26-23(24)25)21-13-18-27(19-14-21)17-12-20-10-6-5-7-11-20;3-2(4,5)1(6)7/h5-7,10-11,21H,2-4,8-9,12-19H2,1H3,(H4,24,25,26);(H,6,7). The van der Waals surface area contributed by atoms with Crippen molar-refractivity contribution in [1.82, 2.24) is 9.80 Å². The van der Waals surface area contributed by atoms with Crippen molar-refractivity contribution in [2.75, 3.05) is 32.7 Å². The third-order valence-corrected chi connectivity index (χ3v) is 6.07. The summed E-state index contributed by atoms with van der Waals surface area (Å²) in [4.78, 5) is 29.0. The molecule has 11 heteroatoms. The zero-order valence-electron chi connectivity index (χ0n) is 21.1. The van der Waals surface area contributed by atoms with Crippen LogP contribution in [0.5, 0.6) is 0 Å². The lowest BCUT2D eigenvalue weighted by atomic mass is 10.0. The Hall–Kier alpha value is -2.82. The van der Waals surface area contributed by atoms with E-state index in [0.29, 0.717) is 24.3 Å². The first kappa shape index (κ1) is 31.2. The minimum atomic E-state index is -5.19. The molecule has 204 valence electrons. The highest BCUT2D eigenvalue weighted by molar-refractivity contribution is 5.76. The fourth-order valence-electron chi connectivity index (χ4n) is 4.09. The summed E-state index contributed by atoms with van der Waals surface area (Å²) in [7, 11) is 0. The van der Waals surface area contributed by atoms with Crippen LogP contribution in [0.4, 0.5) is 13.2 Å². The predicted octanol–water partition coefficient (Wildman–Crippen LogP) is 0.145. The Bertz CT molecular complexity index is 794. The van der Waals surface area contributed by atoms with Crippen molar-refractivity contribution in [3.05, 3.63) is 35.9 Å². The number of aliphatic carboxylic acids is 1. The van der Waals surface area contributed by atoms with Crippen molar-refractivity contribution in [1.29, 1.82) is 0 Å². The summed E-state index contributed by atoms with van der Waals surface area (Å²) >= 11 is 0. The lowest BCUT2D eigenvalue weighted by Crippen LogP contribution is -2.78. The van der Waals surface area contributed by atoms with Gasteiger partial charge >= 0.3 is 12.1 Å². The summed E-state index contributed by atoms with van der Waals surface area (Å²) in [6, 6.07) is 11.1. The number of hydrogen-bond acceptors (Lipinski definition) is 4. The molecule has 1 aromatic rings. The van der Waals surface area contributed by atoms with E-state index in [1.54, 1.807) is 0 Å². The summed E-state index contributed by atoms with van der Waals surface area (Å²) in [6.07, 6.45) is 3.09. The fourth-order valence-corrected chi connectivity index (χ4v) is 4.09. The van der Waals surface area contributed by atoms with E-state index in [9.17, 15) is 18.0 Å². The first-order valence-electron chi connectivity index (χ1n) is 12.5. The van der Waals surface area contributed by atoms with Gasteiger partial charge in [-0.05, 0) is 37.7 Å². The Morgan fingerprint density at radius 3 is 2.19 bits per heavy atom. The molecule has 1 aliphatic rings. The predicted molar refractivity (Wildman–Crippen MR) is 130 cm³/mol. The highest BCUT2D eigenvalue weighted by atomic mass is 19.4. The van der Waals surface area contributed by atoms with Gasteiger partial charge in [-0.3, -0.25) is 21.3 Å². The molecule has 0 aromatic heterocycles. The van der Waals surface area contributed by atoms with E-state index in [1.807, 2.05) is 6.92 Å². The number of rotatable bonds is 12. The van der Waals surface area contributed by atoms with Crippen molar-refractivity contribution in [3.8, 4) is 0 Å². The maximum atomic E-state index is 12.5. The number of carboxylic acid groups (broad SMARTS) is 1. The molecule has 36 heavy (non-hydrogen) atoms. The van der Waals surface area contributed by atoms with Gasteiger partial charge in [0.25, 0.3) is 0 Å². The number of carboxylic acids is 1. The molecular formula is C25H40F3N5O3. The molecule has 1 amide bonds. The number of nitrogens with two attached hydrogens (primary N) is 2. The molecule has 0 unspecified atom stereocenters. The van der Waals surface area contributed by atoms with Crippen LogP contribution in [-0.4, -0.2) is 72.6 Å². The molecule has 1 heterocycles. The Kier molecular flexibility index (Phi) is 14.5. The maximum Gasteiger partial charge on any atom is 0.430 e. The monoisotopic (exact) mass is 515 g/mol. The smallest absolute Gasteiger partial charge is 0.430 e. The fraction of sp³-hybridized carbons (Fsp3) is 0.640. The van der Waals surface area contributed by atoms with Crippen LogP contribution < -0.4 is 21.6 Å². The quantitative estimate of drug-likeness (QED) is 0.206. The van der Waals surface area contributed by atoms with Gasteiger partial charge in [-0.25, -0.2) is 0 Å². The molecule has 5 N–H and O–H groups in total. The van der Waals surface area contributed by atoms with Gasteiger partial charge in [0, 0.05) is 38.6 Å². The third-order valence-electron chi connectivity index (χ3n) is 6.07. The van der Waals surface area contributed by atoms with E-state index in [0.717, 1.165) is 77.7 Å². The number of carbonyl (C=O) groups excluding carboxylic acids is 2. The SMILES string of the molecule is CCC(=O)N(CCCCCC[NH+]=C(N)N)C1CCN(CCc2ccccc2)CC1.O=C([O-])C(F)(F)F. The molecule has 0 radical (unpaired) electrons. The highest BCUT2D eigenvalue weighted by Gasteiger charge is 2.29. The number of nitrogens with one attached hydrogen (secondary N) is 1. The van der Waals surface area contributed by atoms with Crippen LogP contribution in [0.3, 0.4) is 0 Å². The van der Waals surface area contributed by atoms with Gasteiger partial charge < -0.3 is 19.7 Å². The Morgan fingerprint density at radius 2 is 1.67 bits per heavy atom. The molecule has 2 rings (SSSR count). The van der Waals surface area contributed by atoms with Crippen LogP contribution in [0.2, 0.25) is 0 Å². The second kappa shape index (κ2) is 16.8. The normalized spacial score (nSPS) is 14.4. The van der Waals surface area contributed by atoms with Gasteiger partial charge in [-0.2, -0.15) is 13.2 Å². The number of guanidine groups is 1. The molecule has 0 saturated carbocycles. The molecule has 1 fully saturated rings. The van der Waals surface area contributed by atoms with E-state index in [1.165, 1.54) is 5.56 Å². The number of amides is 1. The Morgan fingerprint density at radius 1 is 1.08 bits per heavy atom. The van der Waals surface area contributed by atoms with E-state index in [2.05, 4.69) is 45.1 Å². The van der Waals surface area contributed by atoms with Crippen molar-refractivity contribution >= 4 is 17.8 Å². The summed E-state index contributed by atoms with van der Waals surface area (Å²) in [5, 5.41) is 8.78. The van der Waals surface area contributed by atoms with Crippen LogP contribution in [0.1, 0.15) is 57.4 Å². The lowest BCUT2D eigenvalue weighted by molar-refractivity contribution is -0.459. The van der Waals surface area contributed by atoms with Crippen molar-refractivity contribution in [2.24, 2.45) is 11.5 Å². The van der Waals surface area contributed by atoms with Crippen LogP contribution >= 0.6 is 0 Å². The molecule has 0 bridgehead atoms. The molecular weight excluding hydrogens is 475 g/mol. The minimum Gasteiger partial charge on any atom is -0.542 e. The van der Waals surface area contributed by atoms with Gasteiger partial charge in [0.05, 0.1) is 6.54 Å². The number of carbonyl (C=O) groups is 2. The largest absolute Gasteiger partial charge is 0.542 e. The zero-order valence-corrected chi connectivity index (χ0v) is 21.1. The molecule has 1 aromatic carbocycles. The van der Waals surface area contributed by atoms with Gasteiger partial charge in [0.15, 0.2) is 0 Å². The molecule has 0 aliphatic carbocycles. The van der Waals surface area contributed by atoms with Gasteiger partial charge in [-0.15, -0.1) is 0 Å². The van der Waals surface area contributed by atoms with Gasteiger partial charge in [0.2, 0.25) is 5.91 Å². The summed E-state index contributed by atoms with van der Waals surface area (Å²) in [5.74, 6) is -2.41. The van der Waals surface area contributed by atoms with Crippen LogP contribution in [-0.2, 0) is 16.0 Å². The minimum absolute atomic E-state index is 0.292. The van der Waals surface area contributed by atoms with Gasteiger partial charge in [0.1, 0.15) is 5.97 Å². The van der Waals surface area contributed by atoms with Crippen molar-refractivity contribution in [3.63, 3.8) is 0 Å². The third kappa shape index (κ3) is 13.3. The molecule has 0 atom stereocenters. The van der Waals surface area contributed by atoms with Crippen LogP contribution in [0, 0.1) is 0 Å². The number of unbranched alkanes of at least 4 members (excludes halogenated alkanes) is 3.